The van der Waals surface area contributed by atoms with Crippen molar-refractivity contribution in [2.24, 2.45) is 11.7 Å². The normalized spacial score (nSPS) is 19.1. The summed E-state index contributed by atoms with van der Waals surface area (Å²) < 4.78 is 16.5. The Hall–Kier alpha value is -1.10. The highest BCUT2D eigenvalue weighted by Crippen LogP contribution is 2.17. The number of para-hydroxylation sites is 1. The van der Waals surface area contributed by atoms with Crippen LogP contribution in [0.2, 0.25) is 0 Å². The lowest BCUT2D eigenvalue weighted by molar-refractivity contribution is 0.0682. The number of rotatable bonds is 7. The molecular weight excluding hydrogens is 230 g/mol. The van der Waals surface area contributed by atoms with E-state index >= 15 is 0 Å². The first-order chi connectivity index (χ1) is 8.90. The maximum Gasteiger partial charge on any atom is 0.123 e. The van der Waals surface area contributed by atoms with Gasteiger partial charge in [-0.3, -0.25) is 0 Å². The van der Waals surface area contributed by atoms with Crippen LogP contribution in [0.3, 0.4) is 0 Å². The van der Waals surface area contributed by atoms with Gasteiger partial charge in [-0.05, 0) is 12.5 Å². The molecule has 1 aromatic rings. The summed E-state index contributed by atoms with van der Waals surface area (Å²) in [6.07, 6.45) is 1.11. The fourth-order valence-electron chi connectivity index (χ4n) is 1.99. The van der Waals surface area contributed by atoms with Crippen molar-refractivity contribution < 1.29 is 14.2 Å². The summed E-state index contributed by atoms with van der Waals surface area (Å²) in [5.74, 6) is 1.41. The minimum Gasteiger partial charge on any atom is -0.491 e. The molecule has 4 heteroatoms. The average molecular weight is 251 g/mol. The van der Waals surface area contributed by atoms with E-state index in [0.29, 0.717) is 25.7 Å². The molecule has 1 heterocycles. The van der Waals surface area contributed by atoms with Crippen LogP contribution in [-0.2, 0) is 16.0 Å². The Labute approximate surface area is 108 Å². The first-order valence-electron chi connectivity index (χ1n) is 6.46. The van der Waals surface area contributed by atoms with Gasteiger partial charge >= 0.3 is 0 Å². The van der Waals surface area contributed by atoms with Crippen LogP contribution in [-0.4, -0.2) is 33.0 Å². The smallest absolute Gasteiger partial charge is 0.123 e. The van der Waals surface area contributed by atoms with Crippen molar-refractivity contribution in [3.8, 4) is 5.75 Å². The van der Waals surface area contributed by atoms with Crippen LogP contribution >= 0.6 is 0 Å². The van der Waals surface area contributed by atoms with Gasteiger partial charge in [-0.25, -0.2) is 0 Å². The third-order valence-corrected chi connectivity index (χ3v) is 3.06. The average Bonchev–Trinajstić information content (AvgIpc) is 2.92. The van der Waals surface area contributed by atoms with Crippen LogP contribution in [0.25, 0.3) is 0 Å². The maximum absolute atomic E-state index is 5.66. The van der Waals surface area contributed by atoms with E-state index in [-0.39, 0.29) is 0 Å². The van der Waals surface area contributed by atoms with E-state index in [9.17, 15) is 0 Å². The summed E-state index contributed by atoms with van der Waals surface area (Å²) in [6.45, 7) is 4.13. The molecule has 1 aromatic carbocycles. The molecule has 1 aliphatic rings. The molecular formula is C14H21NO3. The van der Waals surface area contributed by atoms with Gasteiger partial charge in [-0.1, -0.05) is 18.2 Å². The van der Waals surface area contributed by atoms with Crippen LogP contribution in [0.15, 0.2) is 24.3 Å². The molecule has 0 bridgehead atoms. The van der Waals surface area contributed by atoms with E-state index in [0.717, 1.165) is 37.6 Å². The van der Waals surface area contributed by atoms with Crippen molar-refractivity contribution in [2.45, 2.75) is 13.0 Å². The second-order valence-corrected chi connectivity index (χ2v) is 4.46. The van der Waals surface area contributed by atoms with Crippen molar-refractivity contribution in [3.05, 3.63) is 29.8 Å². The fourth-order valence-corrected chi connectivity index (χ4v) is 1.99. The van der Waals surface area contributed by atoms with Crippen LogP contribution in [0.5, 0.6) is 5.75 Å². The van der Waals surface area contributed by atoms with Crippen molar-refractivity contribution in [1.82, 2.24) is 0 Å². The zero-order valence-corrected chi connectivity index (χ0v) is 10.6. The van der Waals surface area contributed by atoms with Gasteiger partial charge in [0.1, 0.15) is 12.4 Å². The molecule has 0 amide bonds. The van der Waals surface area contributed by atoms with E-state index in [1.165, 1.54) is 0 Å². The number of ether oxygens (including phenoxy) is 3. The van der Waals surface area contributed by atoms with Crippen LogP contribution in [0.1, 0.15) is 12.0 Å². The lowest BCUT2D eigenvalue weighted by atomic mass is 10.1. The van der Waals surface area contributed by atoms with Gasteiger partial charge in [0, 0.05) is 24.6 Å². The molecule has 0 spiro atoms. The molecule has 2 rings (SSSR count). The van der Waals surface area contributed by atoms with E-state index in [1.54, 1.807) is 0 Å². The largest absolute Gasteiger partial charge is 0.491 e. The number of nitrogens with two attached hydrogens (primary N) is 1. The molecule has 0 radical (unpaired) electrons. The van der Waals surface area contributed by atoms with Gasteiger partial charge in [-0.2, -0.15) is 0 Å². The van der Waals surface area contributed by atoms with Crippen molar-refractivity contribution in [3.63, 3.8) is 0 Å². The third kappa shape index (κ3) is 3.98. The van der Waals surface area contributed by atoms with Crippen molar-refractivity contribution in [1.29, 1.82) is 0 Å². The summed E-state index contributed by atoms with van der Waals surface area (Å²) in [5.41, 5.74) is 6.67. The molecule has 1 unspecified atom stereocenters. The van der Waals surface area contributed by atoms with Crippen LogP contribution in [0.4, 0.5) is 0 Å². The fraction of sp³-hybridized carbons (Fsp3) is 0.571. The molecule has 1 fully saturated rings. The SMILES string of the molecule is NCc1ccccc1OCCOCC1CCOC1. The van der Waals surface area contributed by atoms with E-state index in [4.69, 9.17) is 19.9 Å². The maximum atomic E-state index is 5.66. The topological polar surface area (TPSA) is 53.7 Å². The minimum atomic E-state index is 0.496. The number of benzene rings is 1. The zero-order chi connectivity index (χ0) is 12.6. The molecule has 1 saturated heterocycles. The van der Waals surface area contributed by atoms with Gasteiger partial charge in [0.25, 0.3) is 0 Å². The second-order valence-electron chi connectivity index (χ2n) is 4.46. The highest BCUT2D eigenvalue weighted by Gasteiger charge is 2.15. The molecule has 1 aliphatic heterocycles. The van der Waals surface area contributed by atoms with E-state index < -0.39 is 0 Å². The molecule has 4 nitrogen and oxygen atoms in total. The van der Waals surface area contributed by atoms with Gasteiger partial charge in [-0.15, -0.1) is 0 Å². The molecule has 1 atom stereocenters. The molecule has 2 N–H and O–H groups in total. The second kappa shape index (κ2) is 7.36. The highest BCUT2D eigenvalue weighted by atomic mass is 16.5. The van der Waals surface area contributed by atoms with Gasteiger partial charge in [0.05, 0.1) is 19.8 Å². The highest BCUT2D eigenvalue weighted by molar-refractivity contribution is 5.32. The minimum absolute atomic E-state index is 0.496. The first kappa shape index (κ1) is 13.3. The zero-order valence-electron chi connectivity index (χ0n) is 10.6. The van der Waals surface area contributed by atoms with Crippen molar-refractivity contribution in [2.75, 3.05) is 33.0 Å². The Morgan fingerprint density at radius 2 is 2.17 bits per heavy atom. The van der Waals surface area contributed by atoms with E-state index in [1.807, 2.05) is 24.3 Å². The van der Waals surface area contributed by atoms with Crippen LogP contribution in [0, 0.1) is 5.92 Å². The van der Waals surface area contributed by atoms with Crippen LogP contribution < -0.4 is 10.5 Å². The Morgan fingerprint density at radius 3 is 2.94 bits per heavy atom. The Kier molecular flexibility index (Phi) is 5.45. The Morgan fingerprint density at radius 1 is 1.28 bits per heavy atom. The lowest BCUT2D eigenvalue weighted by Gasteiger charge is -2.11. The predicted octanol–water partition coefficient (Wildman–Crippen LogP) is 1.58. The lowest BCUT2D eigenvalue weighted by Crippen LogP contribution is -2.14. The summed E-state index contributed by atoms with van der Waals surface area (Å²) in [5, 5.41) is 0. The number of hydrogen-bond donors (Lipinski definition) is 1. The Balaban J connectivity index is 1.62. The third-order valence-electron chi connectivity index (χ3n) is 3.06. The molecule has 18 heavy (non-hydrogen) atoms. The first-order valence-corrected chi connectivity index (χ1v) is 6.46. The van der Waals surface area contributed by atoms with Crippen molar-refractivity contribution >= 4 is 0 Å². The van der Waals surface area contributed by atoms with Gasteiger partial charge in [0.2, 0.25) is 0 Å². The predicted molar refractivity (Wildman–Crippen MR) is 69.6 cm³/mol. The summed E-state index contributed by atoms with van der Waals surface area (Å²) in [6, 6.07) is 7.83. The molecule has 100 valence electrons. The van der Waals surface area contributed by atoms with E-state index in [2.05, 4.69) is 0 Å². The summed E-state index contributed by atoms with van der Waals surface area (Å²) in [7, 11) is 0. The molecule has 0 aliphatic carbocycles. The monoisotopic (exact) mass is 251 g/mol. The van der Waals surface area contributed by atoms with Gasteiger partial charge in [0.15, 0.2) is 0 Å². The summed E-state index contributed by atoms with van der Waals surface area (Å²) in [4.78, 5) is 0. The number of hydrogen-bond acceptors (Lipinski definition) is 4. The van der Waals surface area contributed by atoms with Gasteiger partial charge < -0.3 is 19.9 Å². The Bertz CT molecular complexity index is 351. The molecule has 0 saturated carbocycles. The quantitative estimate of drug-likeness (QED) is 0.747. The standard InChI is InChI=1S/C14H21NO3/c15-9-13-3-1-2-4-14(13)18-8-7-17-11-12-5-6-16-10-12/h1-4,12H,5-11,15H2. The summed E-state index contributed by atoms with van der Waals surface area (Å²) >= 11 is 0. The molecule has 0 aromatic heterocycles.